The molecular formula is C28H36O6. The molecule has 6 nitrogen and oxygen atoms in total. The third-order valence-corrected chi connectivity index (χ3v) is 5.38. The number of benzene rings is 2. The number of ether oxygens (including phenoxy) is 3. The summed E-state index contributed by atoms with van der Waals surface area (Å²) in [7, 11) is 0. The lowest BCUT2D eigenvalue weighted by Gasteiger charge is -2.07. The fourth-order valence-electron chi connectivity index (χ4n) is 3.46. The van der Waals surface area contributed by atoms with Gasteiger partial charge >= 0.3 is 17.9 Å². The van der Waals surface area contributed by atoms with E-state index in [1.807, 2.05) is 0 Å². The number of esters is 3. The minimum Gasteiger partial charge on any atom is -0.462 e. The summed E-state index contributed by atoms with van der Waals surface area (Å²) < 4.78 is 15.6. The van der Waals surface area contributed by atoms with Crippen LogP contribution in [0.25, 0.3) is 0 Å². The number of hydrogen-bond acceptors (Lipinski definition) is 6. The van der Waals surface area contributed by atoms with Gasteiger partial charge in [0, 0.05) is 6.42 Å². The molecule has 0 atom stereocenters. The summed E-state index contributed by atoms with van der Waals surface area (Å²) in [4.78, 5) is 36.1. The summed E-state index contributed by atoms with van der Waals surface area (Å²) in [6.45, 7) is 4.25. The number of carbonyl (C=O) groups is 3. The normalized spacial score (nSPS) is 10.5. The monoisotopic (exact) mass is 468 g/mol. The van der Waals surface area contributed by atoms with Gasteiger partial charge in [-0.3, -0.25) is 4.79 Å². The van der Waals surface area contributed by atoms with Gasteiger partial charge in [-0.1, -0.05) is 58.3 Å². The van der Waals surface area contributed by atoms with E-state index in [0.717, 1.165) is 19.3 Å². The van der Waals surface area contributed by atoms with Gasteiger partial charge in [-0.25, -0.2) is 9.59 Å². The van der Waals surface area contributed by atoms with Gasteiger partial charge in [0.05, 0.1) is 17.7 Å². The highest BCUT2D eigenvalue weighted by molar-refractivity contribution is 5.92. The Morgan fingerprint density at radius 2 is 1.06 bits per heavy atom. The van der Waals surface area contributed by atoms with Crippen LogP contribution in [0, 0.1) is 0 Å². The van der Waals surface area contributed by atoms with Crippen LogP contribution < -0.4 is 9.47 Å². The lowest BCUT2D eigenvalue weighted by molar-refractivity contribution is -0.134. The third kappa shape index (κ3) is 10.2. The van der Waals surface area contributed by atoms with Crippen LogP contribution in [0.3, 0.4) is 0 Å². The molecular weight excluding hydrogens is 432 g/mol. The number of carbonyl (C=O) groups excluding carboxylic acids is 3. The van der Waals surface area contributed by atoms with Gasteiger partial charge in [0.1, 0.15) is 11.5 Å². The second-order valence-electron chi connectivity index (χ2n) is 8.21. The van der Waals surface area contributed by atoms with Crippen molar-refractivity contribution in [2.24, 2.45) is 0 Å². The molecule has 2 aromatic carbocycles. The minimum atomic E-state index is -0.545. The Hall–Kier alpha value is -3.15. The van der Waals surface area contributed by atoms with Gasteiger partial charge < -0.3 is 14.2 Å². The maximum atomic E-state index is 12.3. The highest BCUT2D eigenvalue weighted by Gasteiger charge is 2.12. The molecule has 184 valence electrons. The van der Waals surface area contributed by atoms with Crippen LogP contribution >= 0.6 is 0 Å². The van der Waals surface area contributed by atoms with Crippen molar-refractivity contribution in [3.8, 4) is 11.5 Å². The highest BCUT2D eigenvalue weighted by Crippen LogP contribution is 2.18. The Kier molecular flexibility index (Phi) is 12.5. The molecule has 0 amide bonds. The van der Waals surface area contributed by atoms with E-state index in [1.54, 1.807) is 31.2 Å². The van der Waals surface area contributed by atoms with Crippen LogP contribution in [-0.2, 0) is 9.53 Å². The van der Waals surface area contributed by atoms with Crippen molar-refractivity contribution >= 4 is 17.9 Å². The van der Waals surface area contributed by atoms with Crippen LogP contribution in [0.4, 0.5) is 0 Å². The zero-order valence-corrected chi connectivity index (χ0v) is 20.3. The molecule has 34 heavy (non-hydrogen) atoms. The van der Waals surface area contributed by atoms with Crippen molar-refractivity contribution in [2.75, 3.05) is 6.61 Å². The van der Waals surface area contributed by atoms with E-state index in [1.165, 1.54) is 62.8 Å². The first-order valence-electron chi connectivity index (χ1n) is 12.3. The average molecular weight is 469 g/mol. The average Bonchev–Trinajstić information content (AvgIpc) is 2.84. The van der Waals surface area contributed by atoms with Crippen LogP contribution in [0.5, 0.6) is 11.5 Å². The Morgan fingerprint density at radius 1 is 0.588 bits per heavy atom. The maximum absolute atomic E-state index is 12.3. The Labute approximate surface area is 202 Å². The minimum absolute atomic E-state index is 0.264. The molecule has 0 aliphatic rings. The van der Waals surface area contributed by atoms with E-state index in [9.17, 15) is 14.4 Å². The van der Waals surface area contributed by atoms with E-state index in [0.29, 0.717) is 35.7 Å². The molecule has 0 aliphatic heterocycles. The van der Waals surface area contributed by atoms with Gasteiger partial charge in [0.25, 0.3) is 0 Å². The van der Waals surface area contributed by atoms with Gasteiger partial charge in [0.2, 0.25) is 0 Å². The van der Waals surface area contributed by atoms with Crippen molar-refractivity contribution < 1.29 is 28.6 Å². The number of hydrogen-bond donors (Lipinski definition) is 0. The van der Waals surface area contributed by atoms with Crippen molar-refractivity contribution in [2.45, 2.75) is 78.1 Å². The predicted octanol–water partition coefficient (Wildman–Crippen LogP) is 6.91. The second-order valence-corrected chi connectivity index (χ2v) is 8.21. The van der Waals surface area contributed by atoms with Gasteiger partial charge in [-0.15, -0.1) is 0 Å². The smallest absolute Gasteiger partial charge is 0.343 e. The molecule has 0 radical (unpaired) electrons. The second kappa shape index (κ2) is 15.6. The van der Waals surface area contributed by atoms with Crippen LogP contribution in [0.1, 0.15) is 98.8 Å². The van der Waals surface area contributed by atoms with E-state index in [-0.39, 0.29) is 5.97 Å². The lowest BCUT2D eigenvalue weighted by Crippen LogP contribution is -2.10. The third-order valence-electron chi connectivity index (χ3n) is 5.38. The molecule has 0 bridgehead atoms. The summed E-state index contributed by atoms with van der Waals surface area (Å²) in [6, 6.07) is 12.4. The molecule has 0 N–H and O–H groups in total. The largest absolute Gasteiger partial charge is 0.462 e. The Bertz CT molecular complexity index is 886. The van der Waals surface area contributed by atoms with E-state index >= 15 is 0 Å². The topological polar surface area (TPSA) is 78.9 Å². The molecule has 0 unspecified atom stereocenters. The quantitative estimate of drug-likeness (QED) is 0.161. The molecule has 0 heterocycles. The Balaban J connectivity index is 1.69. The molecule has 2 aromatic rings. The molecule has 6 heteroatoms. The molecule has 0 saturated carbocycles. The van der Waals surface area contributed by atoms with Crippen molar-refractivity contribution in [1.29, 1.82) is 0 Å². The first-order chi connectivity index (χ1) is 16.5. The fourth-order valence-corrected chi connectivity index (χ4v) is 3.46. The van der Waals surface area contributed by atoms with Crippen molar-refractivity contribution in [3.63, 3.8) is 0 Å². The number of unbranched alkanes of at least 4 members (excludes halogenated alkanes) is 8. The van der Waals surface area contributed by atoms with E-state index in [2.05, 4.69) is 6.92 Å². The molecule has 0 saturated heterocycles. The zero-order chi connectivity index (χ0) is 24.6. The summed E-state index contributed by atoms with van der Waals surface area (Å²) in [5.74, 6) is -0.523. The number of rotatable bonds is 15. The molecule has 0 fully saturated rings. The summed E-state index contributed by atoms with van der Waals surface area (Å²) in [5.41, 5.74) is 0.712. The first-order valence-corrected chi connectivity index (χ1v) is 12.3. The van der Waals surface area contributed by atoms with Crippen molar-refractivity contribution in [1.82, 2.24) is 0 Å². The molecule has 0 spiro atoms. The summed E-state index contributed by atoms with van der Waals surface area (Å²) in [5, 5.41) is 0. The van der Waals surface area contributed by atoms with Crippen LogP contribution in [0.2, 0.25) is 0 Å². The first kappa shape index (κ1) is 27.1. The van der Waals surface area contributed by atoms with Crippen LogP contribution in [-0.4, -0.2) is 24.5 Å². The highest BCUT2D eigenvalue weighted by atomic mass is 16.5. The maximum Gasteiger partial charge on any atom is 0.343 e. The van der Waals surface area contributed by atoms with E-state index < -0.39 is 11.9 Å². The fraction of sp³-hybridized carbons (Fsp3) is 0.464. The van der Waals surface area contributed by atoms with Gasteiger partial charge in [-0.2, -0.15) is 0 Å². The SMILES string of the molecule is CCCCCCCCCCCC(=O)Oc1ccc(C(=O)Oc2ccc(C(=O)OCC)cc2)cc1. The van der Waals surface area contributed by atoms with E-state index in [4.69, 9.17) is 14.2 Å². The predicted molar refractivity (Wildman–Crippen MR) is 131 cm³/mol. The summed E-state index contributed by atoms with van der Waals surface area (Å²) >= 11 is 0. The molecule has 0 aromatic heterocycles. The van der Waals surface area contributed by atoms with Crippen molar-refractivity contribution in [3.05, 3.63) is 59.7 Å². The zero-order valence-electron chi connectivity index (χ0n) is 20.3. The lowest BCUT2D eigenvalue weighted by atomic mass is 10.1. The molecule has 0 aliphatic carbocycles. The van der Waals surface area contributed by atoms with Crippen LogP contribution in [0.15, 0.2) is 48.5 Å². The van der Waals surface area contributed by atoms with Gasteiger partial charge in [-0.05, 0) is 61.9 Å². The van der Waals surface area contributed by atoms with Gasteiger partial charge in [0.15, 0.2) is 0 Å². The Morgan fingerprint density at radius 3 is 1.59 bits per heavy atom. The molecule has 2 rings (SSSR count). The summed E-state index contributed by atoms with van der Waals surface area (Å²) in [6.07, 6.45) is 11.1. The standard InChI is InChI=1S/C28H36O6/c1-3-5-6-7-8-9-10-11-12-13-26(29)33-24-18-16-23(17-19-24)28(31)34-25-20-14-22(15-21-25)27(30)32-4-2/h14-21H,3-13H2,1-2H3.